The van der Waals surface area contributed by atoms with Crippen molar-refractivity contribution in [3.8, 4) is 5.75 Å². The van der Waals surface area contributed by atoms with E-state index >= 15 is 0 Å². The summed E-state index contributed by atoms with van der Waals surface area (Å²) in [6, 6.07) is 13.7. The van der Waals surface area contributed by atoms with E-state index in [4.69, 9.17) is 16.2 Å². The van der Waals surface area contributed by atoms with Gasteiger partial charge < -0.3 is 21.2 Å². The quantitative estimate of drug-likeness (QED) is 0.450. The fourth-order valence-electron chi connectivity index (χ4n) is 3.21. The molecule has 3 aromatic heterocycles. The third-order valence-corrected chi connectivity index (χ3v) is 4.63. The summed E-state index contributed by atoms with van der Waals surface area (Å²) in [7, 11) is 0. The van der Waals surface area contributed by atoms with Gasteiger partial charge in [-0.05, 0) is 47.4 Å². The first-order chi connectivity index (χ1) is 14.2. The van der Waals surface area contributed by atoms with Crippen molar-refractivity contribution in [2.45, 2.75) is 12.5 Å². The zero-order chi connectivity index (χ0) is 20.1. The monoisotopic (exact) mass is 385 g/mol. The average molecular weight is 385 g/mol. The predicted octanol–water partition coefficient (Wildman–Crippen LogP) is 3.66. The Bertz CT molecular complexity index is 1130. The fraction of sp³-hybridized carbons (Fsp3) is 0.130. The molecule has 0 amide bonds. The second kappa shape index (κ2) is 8.58. The molecule has 6 heteroatoms. The number of fused-ring (bicyclic) bond motifs is 1. The molecule has 29 heavy (non-hydrogen) atoms. The van der Waals surface area contributed by atoms with Gasteiger partial charge in [-0.2, -0.15) is 0 Å². The molecular weight excluding hydrogens is 362 g/mol. The van der Waals surface area contributed by atoms with Crippen molar-refractivity contribution in [1.82, 2.24) is 15.0 Å². The molecule has 0 bridgehead atoms. The van der Waals surface area contributed by atoms with Crippen molar-refractivity contribution < 1.29 is 4.74 Å². The van der Waals surface area contributed by atoms with E-state index in [1.54, 1.807) is 18.6 Å². The minimum absolute atomic E-state index is 0.117. The molecule has 3 heterocycles. The highest BCUT2D eigenvalue weighted by atomic mass is 16.5. The van der Waals surface area contributed by atoms with Gasteiger partial charge in [0.15, 0.2) is 0 Å². The molecule has 0 aliphatic carbocycles. The van der Waals surface area contributed by atoms with Crippen LogP contribution < -0.4 is 16.2 Å². The summed E-state index contributed by atoms with van der Waals surface area (Å²) in [5.74, 6) is 1.18. The maximum Gasteiger partial charge on any atom is 0.138 e. The number of hydrogen-bond donors (Lipinski definition) is 3. The molecule has 1 atom stereocenters. The van der Waals surface area contributed by atoms with Crippen LogP contribution in [0.4, 0.5) is 5.82 Å². The SMILES string of the molecule is Nc1cc(C=Cc2cncc(OC[C@H](N)Cc3c[nH]c4ccccc34)c2)ccn1. The van der Waals surface area contributed by atoms with E-state index in [-0.39, 0.29) is 6.04 Å². The maximum atomic E-state index is 6.30. The highest BCUT2D eigenvalue weighted by Gasteiger charge is 2.10. The van der Waals surface area contributed by atoms with Crippen molar-refractivity contribution in [3.05, 3.63) is 83.9 Å². The number of benzene rings is 1. The van der Waals surface area contributed by atoms with Crippen molar-refractivity contribution in [2.75, 3.05) is 12.3 Å². The normalized spacial score (nSPS) is 12.4. The van der Waals surface area contributed by atoms with Crippen LogP contribution in [-0.2, 0) is 6.42 Å². The number of H-pyrrole nitrogens is 1. The number of nitrogen functional groups attached to an aromatic ring is 1. The molecule has 0 saturated carbocycles. The molecule has 0 aliphatic rings. The van der Waals surface area contributed by atoms with Crippen LogP contribution in [0, 0.1) is 0 Å². The number of aromatic nitrogens is 3. The summed E-state index contributed by atoms with van der Waals surface area (Å²) >= 11 is 0. The molecule has 0 fully saturated rings. The number of hydrogen-bond acceptors (Lipinski definition) is 5. The van der Waals surface area contributed by atoms with Gasteiger partial charge in [-0.1, -0.05) is 30.4 Å². The molecule has 0 unspecified atom stereocenters. The lowest BCUT2D eigenvalue weighted by Crippen LogP contribution is -2.30. The number of rotatable bonds is 7. The lowest BCUT2D eigenvalue weighted by molar-refractivity contribution is 0.287. The Morgan fingerprint density at radius 1 is 1.07 bits per heavy atom. The Balaban J connectivity index is 1.36. The minimum atomic E-state index is -0.117. The molecule has 4 rings (SSSR count). The molecule has 146 valence electrons. The van der Waals surface area contributed by atoms with E-state index in [1.165, 1.54) is 10.9 Å². The smallest absolute Gasteiger partial charge is 0.138 e. The number of nitrogens with one attached hydrogen (secondary N) is 1. The van der Waals surface area contributed by atoms with Crippen LogP contribution in [0.1, 0.15) is 16.7 Å². The number of pyridine rings is 2. The summed E-state index contributed by atoms with van der Waals surface area (Å²) in [6.07, 6.45) is 11.8. The third kappa shape index (κ3) is 4.80. The van der Waals surface area contributed by atoms with E-state index in [2.05, 4.69) is 27.1 Å². The summed E-state index contributed by atoms with van der Waals surface area (Å²) in [4.78, 5) is 11.5. The summed E-state index contributed by atoms with van der Waals surface area (Å²) < 4.78 is 5.88. The van der Waals surface area contributed by atoms with Gasteiger partial charge in [-0.15, -0.1) is 0 Å². The van der Waals surface area contributed by atoms with Gasteiger partial charge in [0.05, 0.1) is 6.20 Å². The number of ether oxygens (including phenoxy) is 1. The molecule has 4 aromatic rings. The summed E-state index contributed by atoms with van der Waals surface area (Å²) in [5, 5.41) is 1.20. The second-order valence-electron chi connectivity index (χ2n) is 6.94. The van der Waals surface area contributed by atoms with E-state index in [1.807, 2.05) is 48.7 Å². The maximum absolute atomic E-state index is 6.30. The van der Waals surface area contributed by atoms with Crippen LogP contribution in [0.15, 0.2) is 67.3 Å². The van der Waals surface area contributed by atoms with Gasteiger partial charge in [-0.25, -0.2) is 4.98 Å². The average Bonchev–Trinajstić information content (AvgIpc) is 3.14. The van der Waals surface area contributed by atoms with Gasteiger partial charge in [0.2, 0.25) is 0 Å². The predicted molar refractivity (Wildman–Crippen MR) is 117 cm³/mol. The number of aromatic amines is 1. The molecule has 5 N–H and O–H groups in total. The van der Waals surface area contributed by atoms with Crippen molar-refractivity contribution in [1.29, 1.82) is 0 Å². The number of nitrogens with zero attached hydrogens (tertiary/aromatic N) is 2. The van der Waals surface area contributed by atoms with Gasteiger partial charge in [0.1, 0.15) is 18.2 Å². The first-order valence-electron chi connectivity index (χ1n) is 9.45. The highest BCUT2D eigenvalue weighted by molar-refractivity contribution is 5.83. The summed E-state index contributed by atoms with van der Waals surface area (Å²) in [5.41, 5.74) is 16.2. The first-order valence-corrected chi connectivity index (χ1v) is 9.45. The van der Waals surface area contributed by atoms with Crippen molar-refractivity contribution >= 4 is 28.9 Å². The molecule has 1 aromatic carbocycles. The van der Waals surface area contributed by atoms with Gasteiger partial charge in [0, 0.05) is 35.5 Å². The minimum Gasteiger partial charge on any atom is -0.490 e. The number of nitrogens with two attached hydrogens (primary N) is 2. The molecule has 0 radical (unpaired) electrons. The van der Waals surface area contributed by atoms with E-state index < -0.39 is 0 Å². The van der Waals surface area contributed by atoms with Crippen LogP contribution in [0.2, 0.25) is 0 Å². The van der Waals surface area contributed by atoms with Crippen molar-refractivity contribution in [2.24, 2.45) is 5.73 Å². The Morgan fingerprint density at radius 2 is 1.93 bits per heavy atom. The van der Waals surface area contributed by atoms with Crippen LogP contribution in [0.3, 0.4) is 0 Å². The lowest BCUT2D eigenvalue weighted by Gasteiger charge is -2.13. The van der Waals surface area contributed by atoms with Crippen LogP contribution in [0.5, 0.6) is 5.75 Å². The largest absolute Gasteiger partial charge is 0.490 e. The molecule has 6 nitrogen and oxygen atoms in total. The Hall–Kier alpha value is -3.64. The topological polar surface area (TPSA) is 103 Å². The molecule has 0 spiro atoms. The van der Waals surface area contributed by atoms with Gasteiger partial charge in [0.25, 0.3) is 0 Å². The third-order valence-electron chi connectivity index (χ3n) is 4.63. The van der Waals surface area contributed by atoms with Gasteiger partial charge in [-0.3, -0.25) is 4.98 Å². The van der Waals surface area contributed by atoms with Gasteiger partial charge >= 0.3 is 0 Å². The zero-order valence-corrected chi connectivity index (χ0v) is 16.0. The van der Waals surface area contributed by atoms with E-state index in [0.717, 1.165) is 23.1 Å². The molecular formula is C23H23N5O. The van der Waals surface area contributed by atoms with E-state index in [0.29, 0.717) is 18.2 Å². The Morgan fingerprint density at radius 3 is 2.83 bits per heavy atom. The molecule has 0 aliphatic heterocycles. The van der Waals surface area contributed by atoms with Crippen LogP contribution in [-0.4, -0.2) is 27.6 Å². The number of para-hydroxylation sites is 1. The fourth-order valence-corrected chi connectivity index (χ4v) is 3.21. The highest BCUT2D eigenvalue weighted by Crippen LogP contribution is 2.19. The van der Waals surface area contributed by atoms with Crippen LogP contribution in [0.25, 0.3) is 23.1 Å². The Labute approximate surface area is 169 Å². The van der Waals surface area contributed by atoms with Crippen LogP contribution >= 0.6 is 0 Å². The van der Waals surface area contributed by atoms with Crippen molar-refractivity contribution in [3.63, 3.8) is 0 Å². The second-order valence-corrected chi connectivity index (χ2v) is 6.94. The summed E-state index contributed by atoms with van der Waals surface area (Å²) in [6.45, 7) is 0.412. The molecule has 0 saturated heterocycles. The standard InChI is InChI=1S/C23H23N5O/c24-19(11-18-13-28-22-4-2-1-3-21(18)22)15-29-20-9-17(12-26-14-20)6-5-16-7-8-27-23(25)10-16/h1-10,12-14,19,28H,11,15,24H2,(H2,25,27)/t19-/m1/s1. The zero-order valence-electron chi connectivity index (χ0n) is 16.0. The van der Waals surface area contributed by atoms with E-state index in [9.17, 15) is 0 Å². The number of anilines is 1. The lowest BCUT2D eigenvalue weighted by atomic mass is 10.1. The first kappa shape index (κ1) is 18.7. The Kier molecular flexibility index (Phi) is 5.54.